The molecule has 15 nitrogen and oxygen atoms in total. The van der Waals surface area contributed by atoms with Crippen molar-refractivity contribution in [1.82, 2.24) is 15.1 Å². The molecule has 2 amide bonds. The maximum absolute atomic E-state index is 14.8. The van der Waals surface area contributed by atoms with Gasteiger partial charge in [-0.05, 0) is 29.8 Å². The number of ether oxygens (including phenoxy) is 2. The number of fused-ring (bicyclic) bond motifs is 1. The molecule has 2 aromatic carbocycles. The Kier molecular flexibility index (Phi) is 8.40. The van der Waals surface area contributed by atoms with Gasteiger partial charge in [0.25, 0.3) is 29.1 Å². The first-order valence-electron chi connectivity index (χ1n) is 12.6. The number of morpholine rings is 1. The van der Waals surface area contributed by atoms with E-state index in [0.29, 0.717) is 38.4 Å². The van der Waals surface area contributed by atoms with Crippen molar-refractivity contribution < 1.29 is 64.0 Å². The molecule has 228 valence electrons. The fourth-order valence-corrected chi connectivity index (χ4v) is 4.79. The highest BCUT2D eigenvalue weighted by Crippen LogP contribution is 2.41. The Hall–Kier alpha value is -3.58. The first-order chi connectivity index (χ1) is 19.6. The summed E-state index contributed by atoms with van der Waals surface area (Å²) < 4.78 is 25.4. The number of nitrogens with zero attached hydrogens (tertiary/aromatic N) is 2. The molecule has 0 radical (unpaired) electrons. The number of hydrogen-bond donors (Lipinski definition) is 8. The minimum atomic E-state index is -4.39. The standard InChI is InChI=1S/C26H30FN3O12/c1-28-22(33)24(36,26(39,40)23(34,35)14-31)30-13-17-16(21(30)32)3-2-4-20(17)42-25(37,38)18-11-15(5-6-19(18)27)12-29-7-9-41-10-8-29/h2-6,11,14,34-40H,7-10,12-13H2,1H3,(H,28,33). The van der Waals surface area contributed by atoms with Crippen LogP contribution in [0.15, 0.2) is 36.4 Å². The lowest BCUT2D eigenvalue weighted by Crippen LogP contribution is -2.78. The number of carbonyl (C=O) groups is 3. The number of halogens is 1. The highest BCUT2D eigenvalue weighted by Gasteiger charge is 2.70. The van der Waals surface area contributed by atoms with E-state index in [4.69, 9.17) is 9.47 Å². The van der Waals surface area contributed by atoms with Crippen LogP contribution in [0.4, 0.5) is 4.39 Å². The van der Waals surface area contributed by atoms with E-state index >= 15 is 0 Å². The number of nitrogens with one attached hydrogen (secondary N) is 1. The van der Waals surface area contributed by atoms with Crippen molar-refractivity contribution in [2.45, 2.75) is 36.4 Å². The molecule has 2 aliphatic heterocycles. The van der Waals surface area contributed by atoms with Gasteiger partial charge in [-0.15, -0.1) is 0 Å². The van der Waals surface area contributed by atoms with Crippen molar-refractivity contribution in [2.75, 3.05) is 33.4 Å². The van der Waals surface area contributed by atoms with Crippen LogP contribution in [-0.4, -0.2) is 114 Å². The van der Waals surface area contributed by atoms with Gasteiger partial charge in [-0.2, -0.15) is 0 Å². The maximum atomic E-state index is 14.8. The molecule has 42 heavy (non-hydrogen) atoms. The average molecular weight is 596 g/mol. The Labute approximate surface area is 237 Å². The van der Waals surface area contributed by atoms with Gasteiger partial charge in [0, 0.05) is 37.8 Å². The van der Waals surface area contributed by atoms with Gasteiger partial charge in [-0.3, -0.25) is 24.2 Å². The molecular weight excluding hydrogens is 565 g/mol. The number of rotatable bonds is 10. The predicted octanol–water partition coefficient (Wildman–Crippen LogP) is -3.22. The summed E-state index contributed by atoms with van der Waals surface area (Å²) in [5, 5.41) is 75.3. The van der Waals surface area contributed by atoms with Crippen molar-refractivity contribution in [3.63, 3.8) is 0 Å². The largest absolute Gasteiger partial charge is 0.435 e. The third kappa shape index (κ3) is 5.24. The van der Waals surface area contributed by atoms with E-state index in [-0.39, 0.29) is 16.0 Å². The zero-order valence-electron chi connectivity index (χ0n) is 22.2. The Morgan fingerprint density at radius 3 is 2.38 bits per heavy atom. The summed E-state index contributed by atoms with van der Waals surface area (Å²) in [6, 6.07) is 7.15. The minimum Gasteiger partial charge on any atom is -0.435 e. The summed E-state index contributed by atoms with van der Waals surface area (Å²) in [6.07, 6.45) is -0.781. The zero-order chi connectivity index (χ0) is 31.1. The van der Waals surface area contributed by atoms with Crippen molar-refractivity contribution in [3.8, 4) is 5.75 Å². The molecule has 2 aliphatic rings. The SMILES string of the molecule is CNC(=O)C(O)(N1Cc2c(OC(O)(O)c3cc(CN4CCOCC4)ccc3F)cccc2C1=O)C(O)(O)C(O)(O)C=O. The Morgan fingerprint density at radius 2 is 1.76 bits per heavy atom. The lowest BCUT2D eigenvalue weighted by atomic mass is 9.91. The molecule has 1 saturated heterocycles. The second-order valence-corrected chi connectivity index (χ2v) is 9.85. The summed E-state index contributed by atoms with van der Waals surface area (Å²) >= 11 is 0. The monoisotopic (exact) mass is 595 g/mol. The highest BCUT2D eigenvalue weighted by atomic mass is 19.1. The van der Waals surface area contributed by atoms with Gasteiger partial charge in [0.05, 0.1) is 25.3 Å². The van der Waals surface area contributed by atoms with Crippen LogP contribution >= 0.6 is 0 Å². The molecular formula is C26H30FN3O12. The zero-order valence-corrected chi connectivity index (χ0v) is 22.2. The molecule has 4 rings (SSSR count). The molecule has 16 heteroatoms. The summed E-state index contributed by atoms with van der Waals surface area (Å²) in [7, 11) is 0.913. The lowest BCUT2D eigenvalue weighted by Gasteiger charge is -2.46. The van der Waals surface area contributed by atoms with E-state index in [1.165, 1.54) is 18.2 Å². The quantitative estimate of drug-likeness (QED) is 0.1000. The van der Waals surface area contributed by atoms with E-state index in [0.717, 1.165) is 25.2 Å². The number of likely N-dealkylation sites (N-methyl/N-ethyl adjacent to an activating group) is 1. The molecule has 0 aliphatic carbocycles. The second kappa shape index (κ2) is 11.3. The van der Waals surface area contributed by atoms with E-state index in [1.54, 1.807) is 0 Å². The molecule has 2 aromatic rings. The third-order valence-corrected chi connectivity index (χ3v) is 7.17. The smallest absolute Gasteiger partial charge is 0.354 e. The van der Waals surface area contributed by atoms with E-state index < -0.39 is 65.0 Å². The van der Waals surface area contributed by atoms with E-state index in [9.17, 15) is 54.5 Å². The topological polar surface area (TPSA) is 230 Å². The van der Waals surface area contributed by atoms with E-state index in [1.807, 2.05) is 10.2 Å². The molecule has 0 bridgehead atoms. The van der Waals surface area contributed by atoms with Crippen LogP contribution in [0.5, 0.6) is 5.75 Å². The third-order valence-electron chi connectivity index (χ3n) is 7.17. The molecule has 0 spiro atoms. The molecule has 1 unspecified atom stereocenters. The lowest BCUT2D eigenvalue weighted by molar-refractivity contribution is -0.398. The van der Waals surface area contributed by atoms with Gasteiger partial charge < -0.3 is 50.5 Å². The summed E-state index contributed by atoms with van der Waals surface area (Å²) in [4.78, 5) is 39.2. The van der Waals surface area contributed by atoms with Crippen molar-refractivity contribution >= 4 is 18.1 Å². The van der Waals surface area contributed by atoms with Gasteiger partial charge in [0.15, 0.2) is 6.29 Å². The van der Waals surface area contributed by atoms with Crippen LogP contribution in [0.1, 0.15) is 27.0 Å². The van der Waals surface area contributed by atoms with Gasteiger partial charge in [0.1, 0.15) is 11.6 Å². The van der Waals surface area contributed by atoms with Crippen LogP contribution in [-0.2, 0) is 33.4 Å². The van der Waals surface area contributed by atoms with Crippen LogP contribution in [0, 0.1) is 5.82 Å². The molecule has 1 fully saturated rings. The van der Waals surface area contributed by atoms with E-state index in [2.05, 4.69) is 0 Å². The number of hydrogen-bond acceptors (Lipinski definition) is 13. The fourth-order valence-electron chi connectivity index (χ4n) is 4.79. The van der Waals surface area contributed by atoms with Gasteiger partial charge >= 0.3 is 5.97 Å². The number of benzene rings is 2. The second-order valence-electron chi connectivity index (χ2n) is 9.85. The van der Waals surface area contributed by atoms with Crippen LogP contribution in [0.3, 0.4) is 0 Å². The van der Waals surface area contributed by atoms with Crippen LogP contribution in [0.2, 0.25) is 0 Å². The highest BCUT2D eigenvalue weighted by molar-refractivity contribution is 6.03. The van der Waals surface area contributed by atoms with Crippen molar-refractivity contribution in [3.05, 3.63) is 64.5 Å². The minimum absolute atomic E-state index is 0.105. The van der Waals surface area contributed by atoms with Crippen LogP contribution in [0.25, 0.3) is 0 Å². The van der Waals surface area contributed by atoms with Gasteiger partial charge in [-0.25, -0.2) is 4.39 Å². The molecule has 0 aromatic heterocycles. The first-order valence-corrected chi connectivity index (χ1v) is 12.6. The first kappa shape index (κ1) is 31.4. The number of aliphatic hydroxyl groups is 7. The summed E-state index contributed by atoms with van der Waals surface area (Å²) in [5.41, 5.74) is -4.64. The summed E-state index contributed by atoms with van der Waals surface area (Å²) in [6.45, 7) is 1.66. The summed E-state index contributed by atoms with van der Waals surface area (Å²) in [5.74, 6) is -16.4. The average Bonchev–Trinajstić information content (AvgIpc) is 3.30. The predicted molar refractivity (Wildman–Crippen MR) is 135 cm³/mol. The maximum Gasteiger partial charge on any atom is 0.354 e. The number of amides is 2. The molecule has 0 saturated carbocycles. The van der Waals surface area contributed by atoms with Crippen molar-refractivity contribution in [1.29, 1.82) is 0 Å². The normalized spacial score (nSPS) is 17.9. The van der Waals surface area contributed by atoms with Gasteiger partial charge in [-0.1, -0.05) is 12.1 Å². The fraction of sp³-hybridized carbons (Fsp3) is 0.423. The molecule has 1 atom stereocenters. The molecule has 2 heterocycles. The Morgan fingerprint density at radius 1 is 1.10 bits per heavy atom. The Bertz CT molecular complexity index is 1380. The molecule has 8 N–H and O–H groups in total. The number of carbonyl (C=O) groups excluding carboxylic acids is 3. The van der Waals surface area contributed by atoms with Crippen LogP contribution < -0.4 is 10.1 Å². The van der Waals surface area contributed by atoms with Gasteiger partial charge in [0.2, 0.25) is 0 Å². The van der Waals surface area contributed by atoms with Crippen molar-refractivity contribution in [2.24, 2.45) is 0 Å². The Balaban J connectivity index is 1.68. The number of aldehydes is 1.